The van der Waals surface area contributed by atoms with Gasteiger partial charge in [-0.05, 0) is 62.7 Å². The molecule has 1 saturated heterocycles. The van der Waals surface area contributed by atoms with E-state index in [2.05, 4.69) is 24.0 Å². The largest absolute Gasteiger partial charge is 0.481 e. The summed E-state index contributed by atoms with van der Waals surface area (Å²) < 4.78 is 13.3. The Labute approximate surface area is 139 Å². The molecule has 2 heterocycles. The van der Waals surface area contributed by atoms with Gasteiger partial charge in [-0.25, -0.2) is 4.39 Å². The molecule has 0 bridgehead atoms. The average Bonchev–Trinajstić information content (AvgIpc) is 2.96. The fourth-order valence-corrected chi connectivity index (χ4v) is 4.25. The van der Waals surface area contributed by atoms with Gasteiger partial charge in [0.15, 0.2) is 0 Å². The molecule has 1 aromatic carbocycles. The minimum absolute atomic E-state index is 0.0732. The van der Waals surface area contributed by atoms with Gasteiger partial charge in [0.25, 0.3) is 0 Å². The van der Waals surface area contributed by atoms with Crippen molar-refractivity contribution in [1.82, 2.24) is 4.90 Å². The number of carbonyl (C=O) groups is 1. The van der Waals surface area contributed by atoms with E-state index in [0.29, 0.717) is 12.8 Å². The maximum atomic E-state index is 13.3. The van der Waals surface area contributed by atoms with Gasteiger partial charge in [-0.1, -0.05) is 12.1 Å². The topological polar surface area (TPSA) is 40.5 Å². The first-order valence-electron chi connectivity index (χ1n) is 7.83. The van der Waals surface area contributed by atoms with Gasteiger partial charge in [0.1, 0.15) is 5.82 Å². The zero-order valence-corrected chi connectivity index (χ0v) is 13.9. The van der Waals surface area contributed by atoms with Gasteiger partial charge in [-0.3, -0.25) is 9.69 Å². The summed E-state index contributed by atoms with van der Waals surface area (Å²) in [4.78, 5) is 15.9. The Bertz CT molecular complexity index is 675. The molecule has 1 unspecified atom stereocenters. The van der Waals surface area contributed by atoms with Crippen molar-refractivity contribution in [2.75, 3.05) is 13.1 Å². The molecule has 0 spiro atoms. The third-order valence-corrected chi connectivity index (χ3v) is 5.51. The number of carboxylic acids is 1. The quantitative estimate of drug-likeness (QED) is 0.916. The van der Waals surface area contributed by atoms with E-state index in [1.54, 1.807) is 11.3 Å². The van der Waals surface area contributed by atoms with Crippen molar-refractivity contribution in [3.63, 3.8) is 0 Å². The molecule has 1 atom stereocenters. The molecule has 0 amide bonds. The second kappa shape index (κ2) is 6.81. The number of halogens is 1. The van der Waals surface area contributed by atoms with Gasteiger partial charge in [-0.2, -0.15) is 0 Å². The van der Waals surface area contributed by atoms with Crippen LogP contribution >= 0.6 is 11.3 Å². The highest BCUT2D eigenvalue weighted by molar-refractivity contribution is 7.12. The Morgan fingerprint density at radius 2 is 1.87 bits per heavy atom. The molecule has 5 heteroatoms. The summed E-state index contributed by atoms with van der Waals surface area (Å²) in [6, 6.07) is 10.9. The highest BCUT2D eigenvalue weighted by Gasteiger charge is 2.30. The van der Waals surface area contributed by atoms with Crippen LogP contribution in [0, 0.1) is 18.7 Å². The lowest BCUT2D eigenvalue weighted by Gasteiger charge is -2.36. The van der Waals surface area contributed by atoms with E-state index in [1.807, 2.05) is 12.1 Å². The number of carboxylic acid groups (broad SMARTS) is 1. The van der Waals surface area contributed by atoms with Crippen LogP contribution < -0.4 is 0 Å². The maximum Gasteiger partial charge on any atom is 0.306 e. The predicted molar refractivity (Wildman–Crippen MR) is 89.2 cm³/mol. The molecular formula is C18H20FNO2S. The number of likely N-dealkylation sites (tertiary alicyclic amines) is 1. The number of nitrogens with zero attached hydrogens (tertiary/aromatic N) is 1. The van der Waals surface area contributed by atoms with E-state index in [0.717, 1.165) is 18.7 Å². The number of rotatable bonds is 4. The van der Waals surface area contributed by atoms with E-state index >= 15 is 0 Å². The molecule has 1 fully saturated rings. The first-order valence-corrected chi connectivity index (χ1v) is 8.65. The standard InChI is InChI=1S/C18H20FNO2S/c1-12-2-7-16(23-12)17(13-3-5-15(19)6-4-13)20-10-8-14(9-11-20)18(21)22/h2-7,14,17H,8-11H2,1H3,(H,21,22). The van der Waals surface area contributed by atoms with Crippen LogP contribution in [-0.4, -0.2) is 29.1 Å². The van der Waals surface area contributed by atoms with Gasteiger partial charge >= 0.3 is 5.97 Å². The van der Waals surface area contributed by atoms with Crippen LogP contribution in [0.2, 0.25) is 0 Å². The van der Waals surface area contributed by atoms with E-state index < -0.39 is 5.97 Å². The van der Waals surface area contributed by atoms with Crippen LogP contribution in [0.25, 0.3) is 0 Å². The van der Waals surface area contributed by atoms with E-state index in [9.17, 15) is 14.3 Å². The number of hydrogen-bond acceptors (Lipinski definition) is 3. The minimum Gasteiger partial charge on any atom is -0.481 e. The minimum atomic E-state index is -0.699. The third kappa shape index (κ3) is 3.62. The number of hydrogen-bond donors (Lipinski definition) is 1. The second-order valence-corrected chi connectivity index (χ2v) is 7.37. The molecular weight excluding hydrogens is 313 g/mol. The highest BCUT2D eigenvalue weighted by Crippen LogP contribution is 2.36. The van der Waals surface area contributed by atoms with Gasteiger partial charge in [-0.15, -0.1) is 11.3 Å². The maximum absolute atomic E-state index is 13.3. The number of aryl methyl sites for hydroxylation is 1. The lowest BCUT2D eigenvalue weighted by Crippen LogP contribution is -2.39. The summed E-state index contributed by atoms with van der Waals surface area (Å²) >= 11 is 1.74. The summed E-state index contributed by atoms with van der Waals surface area (Å²) in [6.45, 7) is 3.57. The Hall–Kier alpha value is -1.72. The van der Waals surface area contributed by atoms with Crippen molar-refractivity contribution in [2.45, 2.75) is 25.8 Å². The van der Waals surface area contributed by atoms with Crippen LogP contribution in [0.5, 0.6) is 0 Å². The summed E-state index contributed by atoms with van der Waals surface area (Å²) in [7, 11) is 0. The summed E-state index contributed by atoms with van der Waals surface area (Å²) in [5.74, 6) is -1.18. The first-order chi connectivity index (χ1) is 11.0. The highest BCUT2D eigenvalue weighted by atomic mass is 32.1. The summed E-state index contributed by atoms with van der Waals surface area (Å²) in [6.07, 6.45) is 1.33. The SMILES string of the molecule is Cc1ccc(C(c2ccc(F)cc2)N2CCC(C(=O)O)CC2)s1. The van der Waals surface area contributed by atoms with Crippen LogP contribution in [0.3, 0.4) is 0 Å². The fraction of sp³-hybridized carbons (Fsp3) is 0.389. The Balaban J connectivity index is 1.87. The molecule has 2 aromatic rings. The number of benzene rings is 1. The molecule has 3 rings (SSSR count). The number of piperidine rings is 1. The van der Waals surface area contributed by atoms with E-state index in [-0.39, 0.29) is 17.8 Å². The Kier molecular flexibility index (Phi) is 4.78. The van der Waals surface area contributed by atoms with Crippen molar-refractivity contribution in [3.05, 3.63) is 57.5 Å². The molecule has 3 nitrogen and oxygen atoms in total. The van der Waals surface area contributed by atoms with Crippen molar-refractivity contribution in [1.29, 1.82) is 0 Å². The van der Waals surface area contributed by atoms with Gasteiger partial charge in [0.05, 0.1) is 12.0 Å². The molecule has 23 heavy (non-hydrogen) atoms. The van der Waals surface area contributed by atoms with Crippen molar-refractivity contribution in [2.24, 2.45) is 5.92 Å². The Morgan fingerprint density at radius 1 is 1.22 bits per heavy atom. The molecule has 0 aliphatic carbocycles. The van der Waals surface area contributed by atoms with Gasteiger partial charge in [0.2, 0.25) is 0 Å². The van der Waals surface area contributed by atoms with Crippen LogP contribution in [-0.2, 0) is 4.79 Å². The van der Waals surface area contributed by atoms with E-state index in [1.165, 1.54) is 21.9 Å². The molecule has 1 aromatic heterocycles. The van der Waals surface area contributed by atoms with Crippen LogP contribution in [0.15, 0.2) is 36.4 Å². The fourth-order valence-electron chi connectivity index (χ4n) is 3.21. The normalized spacial score (nSPS) is 18.0. The summed E-state index contributed by atoms with van der Waals surface area (Å²) in [5.41, 5.74) is 1.06. The smallest absolute Gasteiger partial charge is 0.306 e. The molecule has 0 radical (unpaired) electrons. The lowest BCUT2D eigenvalue weighted by molar-refractivity contribution is -0.143. The zero-order chi connectivity index (χ0) is 16.4. The third-order valence-electron chi connectivity index (χ3n) is 4.46. The van der Waals surface area contributed by atoms with Gasteiger partial charge in [0, 0.05) is 9.75 Å². The van der Waals surface area contributed by atoms with Crippen molar-refractivity contribution < 1.29 is 14.3 Å². The van der Waals surface area contributed by atoms with Crippen molar-refractivity contribution in [3.8, 4) is 0 Å². The molecule has 1 aliphatic heterocycles. The van der Waals surface area contributed by atoms with Crippen LogP contribution in [0.4, 0.5) is 4.39 Å². The lowest BCUT2D eigenvalue weighted by atomic mass is 9.94. The van der Waals surface area contributed by atoms with Crippen LogP contribution in [0.1, 0.15) is 34.2 Å². The molecule has 1 aliphatic rings. The Morgan fingerprint density at radius 3 is 2.39 bits per heavy atom. The molecule has 122 valence electrons. The average molecular weight is 333 g/mol. The zero-order valence-electron chi connectivity index (χ0n) is 13.0. The van der Waals surface area contributed by atoms with Crippen molar-refractivity contribution >= 4 is 17.3 Å². The summed E-state index contributed by atoms with van der Waals surface area (Å²) in [5, 5.41) is 9.17. The van der Waals surface area contributed by atoms with Gasteiger partial charge < -0.3 is 5.11 Å². The number of thiophene rings is 1. The molecule has 0 saturated carbocycles. The van der Waals surface area contributed by atoms with E-state index in [4.69, 9.17) is 0 Å². The number of aliphatic carboxylic acids is 1. The second-order valence-electron chi connectivity index (χ2n) is 6.05. The monoisotopic (exact) mass is 333 g/mol. The molecule has 1 N–H and O–H groups in total. The predicted octanol–water partition coefficient (Wildman–Crippen LogP) is 4.08. The first kappa shape index (κ1) is 16.1.